The second-order valence-corrected chi connectivity index (χ2v) is 10.1. The summed E-state index contributed by atoms with van der Waals surface area (Å²) in [5.74, 6) is -0.0473. The molecule has 176 valence electrons. The van der Waals surface area contributed by atoms with Crippen LogP contribution in [0.2, 0.25) is 0 Å². The van der Waals surface area contributed by atoms with Gasteiger partial charge in [-0.05, 0) is 40.0 Å². The van der Waals surface area contributed by atoms with E-state index in [0.29, 0.717) is 19.4 Å². The summed E-state index contributed by atoms with van der Waals surface area (Å²) >= 11 is 0. The van der Waals surface area contributed by atoms with Crippen LogP contribution in [0, 0.1) is 0 Å². The smallest absolute Gasteiger partial charge is 0.408 e. The molecule has 0 atom stereocenters. The van der Waals surface area contributed by atoms with E-state index >= 15 is 0 Å². The molecule has 1 fully saturated rings. The lowest BCUT2D eigenvalue weighted by atomic mass is 9.96. The third kappa shape index (κ3) is 11.8. The number of hydrogen-bond donors (Lipinski definition) is 2. The number of ether oxygens (including phenoxy) is 1. The zero-order valence-electron chi connectivity index (χ0n) is 20.2. The fourth-order valence-corrected chi connectivity index (χ4v) is 4.22. The Kier molecular flexibility index (Phi) is 13.1. The topological polar surface area (TPSA) is 67.4 Å². The molecule has 1 aliphatic rings. The molecular weight excluding hydrogens is 376 g/mol. The molecule has 2 N–H and O–H groups in total. The number of hydrogen-bond acceptors (Lipinski definition) is 3. The van der Waals surface area contributed by atoms with Gasteiger partial charge in [0.2, 0.25) is 5.91 Å². The Morgan fingerprint density at radius 1 is 0.800 bits per heavy atom. The van der Waals surface area contributed by atoms with Crippen molar-refractivity contribution in [2.24, 2.45) is 0 Å². The molecule has 2 amide bonds. The predicted molar refractivity (Wildman–Crippen MR) is 125 cm³/mol. The van der Waals surface area contributed by atoms with E-state index in [4.69, 9.17) is 4.74 Å². The molecule has 1 saturated carbocycles. The van der Waals surface area contributed by atoms with Crippen molar-refractivity contribution < 1.29 is 14.3 Å². The molecule has 5 heteroatoms. The molecule has 5 nitrogen and oxygen atoms in total. The molecule has 0 aromatic heterocycles. The minimum Gasteiger partial charge on any atom is -0.444 e. The van der Waals surface area contributed by atoms with E-state index < -0.39 is 17.2 Å². The zero-order chi connectivity index (χ0) is 22.3. The maximum atomic E-state index is 12.8. The average molecular weight is 425 g/mol. The number of nitrogens with one attached hydrogen (secondary N) is 2. The lowest BCUT2D eigenvalue weighted by Gasteiger charge is -2.30. The van der Waals surface area contributed by atoms with Crippen LogP contribution in [0.25, 0.3) is 0 Å². The van der Waals surface area contributed by atoms with Gasteiger partial charge in [0.1, 0.15) is 11.1 Å². The first-order valence-corrected chi connectivity index (χ1v) is 12.6. The highest BCUT2D eigenvalue weighted by molar-refractivity contribution is 5.90. The highest BCUT2D eigenvalue weighted by Crippen LogP contribution is 2.30. The molecule has 0 aliphatic heterocycles. The second kappa shape index (κ2) is 14.7. The lowest BCUT2D eigenvalue weighted by molar-refractivity contribution is -0.127. The molecule has 0 unspecified atom stereocenters. The van der Waals surface area contributed by atoms with Gasteiger partial charge in [-0.25, -0.2) is 4.79 Å². The minimum absolute atomic E-state index is 0.0473. The van der Waals surface area contributed by atoms with E-state index in [1.165, 1.54) is 64.2 Å². The van der Waals surface area contributed by atoms with E-state index in [-0.39, 0.29) is 5.91 Å². The lowest BCUT2D eigenvalue weighted by Crippen LogP contribution is -2.58. The quantitative estimate of drug-likeness (QED) is 0.289. The van der Waals surface area contributed by atoms with Crippen molar-refractivity contribution >= 4 is 12.0 Å². The highest BCUT2D eigenvalue weighted by atomic mass is 16.6. The Balaban J connectivity index is 2.12. The third-order valence-corrected chi connectivity index (χ3v) is 5.95. The van der Waals surface area contributed by atoms with Crippen molar-refractivity contribution in [1.82, 2.24) is 10.6 Å². The summed E-state index contributed by atoms with van der Waals surface area (Å²) in [6.07, 6.45) is 18.5. The SMILES string of the molecule is CCCCCCCCCCCCCCNC(=O)C1(NC(=O)OC(C)(C)C)CCCC1. The second-order valence-electron chi connectivity index (χ2n) is 10.1. The molecule has 0 spiro atoms. The summed E-state index contributed by atoms with van der Waals surface area (Å²) in [7, 11) is 0. The van der Waals surface area contributed by atoms with Crippen LogP contribution in [-0.2, 0) is 9.53 Å². The number of carbonyl (C=O) groups is 2. The van der Waals surface area contributed by atoms with Crippen LogP contribution < -0.4 is 10.6 Å². The Hall–Kier alpha value is -1.26. The van der Waals surface area contributed by atoms with E-state index in [0.717, 1.165) is 25.7 Å². The van der Waals surface area contributed by atoms with Crippen LogP contribution in [0.1, 0.15) is 130 Å². The van der Waals surface area contributed by atoms with Gasteiger partial charge in [0.15, 0.2) is 0 Å². The van der Waals surface area contributed by atoms with Crippen LogP contribution >= 0.6 is 0 Å². The van der Waals surface area contributed by atoms with E-state index in [9.17, 15) is 9.59 Å². The summed E-state index contributed by atoms with van der Waals surface area (Å²) < 4.78 is 5.37. The standard InChI is InChI=1S/C25H48N2O3/c1-5-6-7-8-9-10-11-12-13-14-15-18-21-26-22(28)25(19-16-17-20-25)27-23(29)30-24(2,3)4/h5-21H2,1-4H3,(H,26,28)(H,27,29). The van der Waals surface area contributed by atoms with Crippen molar-refractivity contribution in [2.45, 2.75) is 142 Å². The number of amides is 2. The molecule has 0 aromatic rings. The van der Waals surface area contributed by atoms with Crippen molar-refractivity contribution in [3.8, 4) is 0 Å². The van der Waals surface area contributed by atoms with Gasteiger partial charge in [0.05, 0.1) is 0 Å². The molecule has 0 saturated heterocycles. The molecule has 0 heterocycles. The summed E-state index contributed by atoms with van der Waals surface area (Å²) in [5.41, 5.74) is -1.35. The molecule has 30 heavy (non-hydrogen) atoms. The average Bonchev–Trinajstić information content (AvgIpc) is 3.13. The van der Waals surface area contributed by atoms with Crippen molar-refractivity contribution in [1.29, 1.82) is 0 Å². The van der Waals surface area contributed by atoms with Gasteiger partial charge >= 0.3 is 6.09 Å². The zero-order valence-corrected chi connectivity index (χ0v) is 20.2. The molecule has 1 rings (SSSR count). The van der Waals surface area contributed by atoms with Crippen molar-refractivity contribution in [3.63, 3.8) is 0 Å². The monoisotopic (exact) mass is 424 g/mol. The Labute approximate surface area is 185 Å². The fourth-order valence-electron chi connectivity index (χ4n) is 4.22. The minimum atomic E-state index is -0.792. The molecule has 0 radical (unpaired) electrons. The van der Waals surface area contributed by atoms with Gasteiger partial charge in [0, 0.05) is 6.54 Å². The summed E-state index contributed by atoms with van der Waals surface area (Å²) in [4.78, 5) is 25.0. The Bertz CT molecular complexity index is 479. The largest absolute Gasteiger partial charge is 0.444 e. The fraction of sp³-hybridized carbons (Fsp3) is 0.920. The van der Waals surface area contributed by atoms with Gasteiger partial charge in [-0.1, -0.05) is 90.4 Å². The first-order chi connectivity index (χ1) is 14.3. The van der Waals surface area contributed by atoms with Crippen molar-refractivity contribution in [2.75, 3.05) is 6.54 Å². The van der Waals surface area contributed by atoms with E-state index in [2.05, 4.69) is 17.6 Å². The normalized spacial score (nSPS) is 15.7. The van der Waals surface area contributed by atoms with Crippen LogP contribution in [0.15, 0.2) is 0 Å². The van der Waals surface area contributed by atoms with Crippen LogP contribution in [-0.4, -0.2) is 29.7 Å². The van der Waals surface area contributed by atoms with Gasteiger partial charge in [-0.2, -0.15) is 0 Å². The van der Waals surface area contributed by atoms with E-state index in [1.54, 1.807) is 0 Å². The number of alkyl carbamates (subject to hydrolysis) is 1. The van der Waals surface area contributed by atoms with Crippen LogP contribution in [0.3, 0.4) is 0 Å². The first kappa shape index (κ1) is 26.8. The molecular formula is C25H48N2O3. The summed E-state index contributed by atoms with van der Waals surface area (Å²) in [6, 6.07) is 0. The van der Waals surface area contributed by atoms with E-state index in [1.807, 2.05) is 20.8 Å². The van der Waals surface area contributed by atoms with Gasteiger partial charge in [-0.15, -0.1) is 0 Å². The summed E-state index contributed by atoms with van der Waals surface area (Å²) in [6.45, 7) is 8.46. The molecule has 1 aliphatic carbocycles. The van der Waals surface area contributed by atoms with Gasteiger partial charge in [-0.3, -0.25) is 4.79 Å². The number of rotatable bonds is 15. The van der Waals surface area contributed by atoms with Crippen LogP contribution in [0.4, 0.5) is 4.79 Å². The number of unbranched alkanes of at least 4 members (excludes halogenated alkanes) is 11. The Morgan fingerprint density at radius 2 is 1.27 bits per heavy atom. The predicted octanol–water partition coefficient (Wildman–Crippen LogP) is 6.64. The summed E-state index contributed by atoms with van der Waals surface area (Å²) in [5, 5.41) is 5.93. The molecule has 0 bridgehead atoms. The Morgan fingerprint density at radius 3 is 1.73 bits per heavy atom. The first-order valence-electron chi connectivity index (χ1n) is 12.6. The van der Waals surface area contributed by atoms with Crippen molar-refractivity contribution in [3.05, 3.63) is 0 Å². The molecule has 0 aromatic carbocycles. The highest BCUT2D eigenvalue weighted by Gasteiger charge is 2.43. The van der Waals surface area contributed by atoms with Gasteiger partial charge in [0.25, 0.3) is 0 Å². The number of carbonyl (C=O) groups excluding carboxylic acids is 2. The van der Waals surface area contributed by atoms with Crippen LogP contribution in [0.5, 0.6) is 0 Å². The van der Waals surface area contributed by atoms with Gasteiger partial charge < -0.3 is 15.4 Å². The maximum absolute atomic E-state index is 12.8. The maximum Gasteiger partial charge on any atom is 0.408 e. The third-order valence-electron chi connectivity index (χ3n) is 5.95.